The second kappa shape index (κ2) is 9.58. The first-order valence-corrected chi connectivity index (χ1v) is 0.928. The maximum absolute atomic E-state index is 9.00. The molecular formula is C2H4O2Pb2. The topological polar surface area (TPSA) is 37.3 Å². The summed E-state index contributed by atoms with van der Waals surface area (Å²) in [5.74, 6) is -0.833. The molecule has 0 aromatic heterocycles. The molecule has 0 unspecified atom stereocenters. The van der Waals surface area contributed by atoms with Gasteiger partial charge in [-0.15, -0.1) is 0 Å². The van der Waals surface area contributed by atoms with Gasteiger partial charge >= 0.3 is 0 Å². The fourth-order valence-electron chi connectivity index (χ4n) is 0. The minimum atomic E-state index is -0.833. The number of hydrogen-bond acceptors (Lipinski definition) is 1. The van der Waals surface area contributed by atoms with Crippen molar-refractivity contribution >= 4 is 60.6 Å². The number of rotatable bonds is 0. The molecule has 0 saturated heterocycles. The van der Waals surface area contributed by atoms with E-state index in [0.717, 1.165) is 6.92 Å². The van der Waals surface area contributed by atoms with Crippen LogP contribution >= 0.6 is 0 Å². The van der Waals surface area contributed by atoms with Gasteiger partial charge in [-0.05, 0) is 0 Å². The Bertz CT molecular complexity index is 32.5. The Morgan fingerprint density at radius 3 is 1.50 bits per heavy atom. The SMILES string of the molecule is CC(=O)O.[Pb].[Pb]. The van der Waals surface area contributed by atoms with Crippen LogP contribution in [0.3, 0.4) is 0 Å². The van der Waals surface area contributed by atoms with Gasteiger partial charge in [-0.2, -0.15) is 0 Å². The summed E-state index contributed by atoms with van der Waals surface area (Å²) in [6.07, 6.45) is 0. The molecule has 0 aliphatic heterocycles. The maximum Gasteiger partial charge on any atom is 0.300 e. The van der Waals surface area contributed by atoms with Gasteiger partial charge in [0.05, 0.1) is 0 Å². The van der Waals surface area contributed by atoms with Crippen LogP contribution in [-0.4, -0.2) is 65.7 Å². The van der Waals surface area contributed by atoms with Crippen LogP contribution in [0.1, 0.15) is 6.92 Å². The third kappa shape index (κ3) is 57.3. The third-order valence-electron chi connectivity index (χ3n) is 0. The fraction of sp³-hybridized carbons (Fsp3) is 0.500. The molecule has 0 atom stereocenters. The summed E-state index contributed by atoms with van der Waals surface area (Å²) >= 11 is 0. The van der Waals surface area contributed by atoms with E-state index in [0.29, 0.717) is 0 Å². The summed E-state index contributed by atoms with van der Waals surface area (Å²) in [7, 11) is 0. The molecule has 0 heterocycles. The van der Waals surface area contributed by atoms with Crippen LogP contribution < -0.4 is 0 Å². The van der Waals surface area contributed by atoms with Gasteiger partial charge in [-0.1, -0.05) is 0 Å². The normalized spacial score (nSPS) is 4.17. The predicted octanol–water partition coefficient (Wildman–Crippen LogP) is -0.671. The van der Waals surface area contributed by atoms with E-state index in [2.05, 4.69) is 0 Å². The quantitative estimate of drug-likeness (QED) is 0.473. The van der Waals surface area contributed by atoms with Crippen LogP contribution in [0.2, 0.25) is 0 Å². The Labute approximate surface area is 76.6 Å². The molecule has 1 N–H and O–H groups in total. The minimum Gasteiger partial charge on any atom is -0.481 e. The number of carboxylic acids is 1. The molecule has 0 saturated carbocycles. The Kier molecular flexibility index (Phi) is 25.0. The second-order valence-electron chi connectivity index (χ2n) is 0.519. The Hall–Kier alpha value is 1.31. The Balaban J connectivity index is -0.0000000450. The van der Waals surface area contributed by atoms with Gasteiger partial charge < -0.3 is 5.11 Å². The van der Waals surface area contributed by atoms with Crippen LogP contribution in [0.5, 0.6) is 0 Å². The summed E-state index contributed by atoms with van der Waals surface area (Å²) in [5.41, 5.74) is 0. The van der Waals surface area contributed by atoms with E-state index in [-0.39, 0.29) is 54.6 Å². The summed E-state index contributed by atoms with van der Waals surface area (Å²) in [5, 5.41) is 7.42. The van der Waals surface area contributed by atoms with Crippen molar-refractivity contribution in [2.75, 3.05) is 0 Å². The van der Waals surface area contributed by atoms with Crippen molar-refractivity contribution in [1.82, 2.24) is 0 Å². The Morgan fingerprint density at radius 1 is 1.50 bits per heavy atom. The number of aliphatic carboxylic acids is 1. The van der Waals surface area contributed by atoms with Crippen molar-refractivity contribution in [2.45, 2.75) is 6.92 Å². The molecule has 0 aromatic rings. The number of carbonyl (C=O) groups is 1. The first-order chi connectivity index (χ1) is 1.73. The fourth-order valence-corrected chi connectivity index (χ4v) is 0. The molecule has 32 valence electrons. The average Bonchev–Trinajstić information content (AvgIpc) is 0.811. The summed E-state index contributed by atoms with van der Waals surface area (Å²) in [4.78, 5) is 9.00. The smallest absolute Gasteiger partial charge is 0.300 e. The largest absolute Gasteiger partial charge is 0.481 e. The molecule has 0 aliphatic carbocycles. The molecule has 2 nitrogen and oxygen atoms in total. The van der Waals surface area contributed by atoms with Gasteiger partial charge in [0.2, 0.25) is 0 Å². The molecule has 6 heavy (non-hydrogen) atoms. The molecule has 0 aromatic carbocycles. The van der Waals surface area contributed by atoms with E-state index in [9.17, 15) is 0 Å². The molecular weight excluding hydrogens is 470 g/mol. The van der Waals surface area contributed by atoms with E-state index in [1.165, 1.54) is 0 Å². The first-order valence-electron chi connectivity index (χ1n) is 0.928. The molecule has 0 aliphatic rings. The molecule has 0 fully saturated rings. The zero-order valence-corrected chi connectivity index (χ0v) is 11.1. The zero-order chi connectivity index (χ0) is 3.58. The number of carboxylic acid groups (broad SMARTS) is 1. The van der Waals surface area contributed by atoms with Gasteiger partial charge in [0, 0.05) is 61.5 Å². The summed E-state index contributed by atoms with van der Waals surface area (Å²) < 4.78 is 0. The zero-order valence-electron chi connectivity index (χ0n) is 3.36. The van der Waals surface area contributed by atoms with Crippen molar-refractivity contribution in [1.29, 1.82) is 0 Å². The van der Waals surface area contributed by atoms with E-state index < -0.39 is 5.97 Å². The molecule has 0 bridgehead atoms. The van der Waals surface area contributed by atoms with Gasteiger partial charge in [-0.3, -0.25) is 4.79 Å². The summed E-state index contributed by atoms with van der Waals surface area (Å²) in [6, 6.07) is 0. The van der Waals surface area contributed by atoms with Crippen LogP contribution in [0, 0.1) is 0 Å². The molecule has 4 heteroatoms. The third-order valence-corrected chi connectivity index (χ3v) is 0. The predicted molar refractivity (Wildman–Crippen MR) is 24.8 cm³/mol. The van der Waals surface area contributed by atoms with E-state index in [4.69, 9.17) is 9.90 Å². The Morgan fingerprint density at radius 2 is 1.50 bits per heavy atom. The molecule has 0 amide bonds. The first kappa shape index (κ1) is 15.7. The van der Waals surface area contributed by atoms with E-state index >= 15 is 0 Å². The standard InChI is InChI=1S/C2H4O2.2Pb/c1-2(3)4;;/h1H3,(H,3,4);;. The van der Waals surface area contributed by atoms with Crippen LogP contribution in [0.4, 0.5) is 0 Å². The average molecular weight is 474 g/mol. The maximum atomic E-state index is 9.00. The van der Waals surface area contributed by atoms with Gasteiger partial charge in [-0.25, -0.2) is 0 Å². The van der Waals surface area contributed by atoms with Crippen molar-refractivity contribution < 1.29 is 9.90 Å². The number of hydrogen-bond donors (Lipinski definition) is 1. The van der Waals surface area contributed by atoms with Crippen LogP contribution in [0.15, 0.2) is 0 Å². The van der Waals surface area contributed by atoms with E-state index in [1.54, 1.807) is 0 Å². The monoisotopic (exact) mass is 476 g/mol. The van der Waals surface area contributed by atoms with Gasteiger partial charge in [0.25, 0.3) is 5.97 Å². The van der Waals surface area contributed by atoms with Gasteiger partial charge in [0.1, 0.15) is 0 Å². The summed E-state index contributed by atoms with van der Waals surface area (Å²) in [6.45, 7) is 1.08. The van der Waals surface area contributed by atoms with Crippen molar-refractivity contribution in [3.8, 4) is 0 Å². The van der Waals surface area contributed by atoms with E-state index in [1.807, 2.05) is 0 Å². The minimum absolute atomic E-state index is 0. The second-order valence-corrected chi connectivity index (χ2v) is 0.519. The van der Waals surface area contributed by atoms with Crippen LogP contribution in [0.25, 0.3) is 0 Å². The molecule has 0 spiro atoms. The van der Waals surface area contributed by atoms with Crippen molar-refractivity contribution in [2.24, 2.45) is 0 Å². The van der Waals surface area contributed by atoms with Crippen LogP contribution in [-0.2, 0) is 4.79 Å². The van der Waals surface area contributed by atoms with Crippen molar-refractivity contribution in [3.05, 3.63) is 0 Å². The van der Waals surface area contributed by atoms with Gasteiger partial charge in [0.15, 0.2) is 0 Å². The molecule has 0 rings (SSSR count). The molecule has 8 radical (unpaired) electrons. The van der Waals surface area contributed by atoms with Crippen molar-refractivity contribution in [3.63, 3.8) is 0 Å².